The van der Waals surface area contributed by atoms with Crippen molar-refractivity contribution in [1.29, 1.82) is 0 Å². The van der Waals surface area contributed by atoms with Crippen LogP contribution in [0.1, 0.15) is 17.5 Å². The van der Waals surface area contributed by atoms with Crippen molar-refractivity contribution in [1.82, 2.24) is 5.32 Å². The first kappa shape index (κ1) is 12.7. The Labute approximate surface area is 96.5 Å². The normalized spacial score (nSPS) is 18.7. The van der Waals surface area contributed by atoms with Crippen LogP contribution in [0.2, 0.25) is 0 Å². The van der Waals surface area contributed by atoms with Gasteiger partial charge < -0.3 is 10.4 Å². The molecule has 0 aliphatic carbocycles. The number of carboxylic acid groups (broad SMARTS) is 1. The molecule has 1 aliphatic heterocycles. The first-order valence-electron chi connectivity index (χ1n) is 5.60. The fraction of sp³-hybridized carbons (Fsp3) is 0.462. The minimum absolute atomic E-state index is 0.250. The summed E-state index contributed by atoms with van der Waals surface area (Å²) in [4.78, 5) is 8.36. The lowest BCUT2D eigenvalue weighted by molar-refractivity contribution is -0.122. The van der Waals surface area contributed by atoms with Gasteiger partial charge in [-0.25, -0.2) is 0 Å². The number of aryl methyl sites for hydroxylation is 1. The number of carbonyl (C=O) groups is 1. The Kier molecular flexibility index (Phi) is 5.57. The third kappa shape index (κ3) is 4.45. The van der Waals surface area contributed by atoms with E-state index in [0.717, 1.165) is 5.92 Å². The Balaban J connectivity index is 0.000000386. The fourth-order valence-electron chi connectivity index (χ4n) is 1.95. The summed E-state index contributed by atoms with van der Waals surface area (Å²) in [6.45, 7) is 4.30. The molecule has 1 heterocycles. The molecule has 0 unspecified atom stereocenters. The van der Waals surface area contributed by atoms with Crippen LogP contribution in [-0.2, 0) is 11.2 Å². The van der Waals surface area contributed by atoms with E-state index >= 15 is 0 Å². The molecule has 0 saturated carbocycles. The first-order chi connectivity index (χ1) is 7.76. The van der Waals surface area contributed by atoms with Crippen molar-refractivity contribution in [3.05, 3.63) is 35.4 Å². The highest BCUT2D eigenvalue weighted by Crippen LogP contribution is 2.15. The van der Waals surface area contributed by atoms with Gasteiger partial charge in [0.15, 0.2) is 0 Å². The van der Waals surface area contributed by atoms with Crippen LogP contribution in [0.4, 0.5) is 0 Å². The van der Waals surface area contributed by atoms with Gasteiger partial charge in [-0.3, -0.25) is 4.79 Å². The van der Waals surface area contributed by atoms with Crippen LogP contribution in [0.25, 0.3) is 0 Å². The lowest BCUT2D eigenvalue weighted by Crippen LogP contribution is -2.10. The zero-order valence-corrected chi connectivity index (χ0v) is 9.65. The largest absolute Gasteiger partial charge is 0.483 e. The molecule has 3 heteroatoms. The second-order valence-corrected chi connectivity index (χ2v) is 4.15. The Bertz CT molecular complexity index is 302. The SMILES string of the molecule is Cc1ccc(C[C@H]2CCNC2)cc1.O=CO. The Morgan fingerprint density at radius 2 is 2.06 bits per heavy atom. The van der Waals surface area contributed by atoms with Crippen molar-refractivity contribution in [3.63, 3.8) is 0 Å². The van der Waals surface area contributed by atoms with Crippen molar-refractivity contribution in [2.24, 2.45) is 5.92 Å². The van der Waals surface area contributed by atoms with Gasteiger partial charge in [0.2, 0.25) is 0 Å². The van der Waals surface area contributed by atoms with E-state index < -0.39 is 0 Å². The molecular formula is C13H19NO2. The molecule has 1 saturated heterocycles. The van der Waals surface area contributed by atoms with Crippen molar-refractivity contribution in [3.8, 4) is 0 Å². The van der Waals surface area contributed by atoms with E-state index in [1.807, 2.05) is 0 Å². The molecule has 88 valence electrons. The molecule has 0 aromatic heterocycles. The molecule has 1 aromatic rings. The molecule has 3 nitrogen and oxygen atoms in total. The maximum atomic E-state index is 8.36. The van der Waals surface area contributed by atoms with E-state index in [0.29, 0.717) is 0 Å². The average molecular weight is 221 g/mol. The molecule has 1 atom stereocenters. The molecule has 1 aromatic carbocycles. The molecule has 2 rings (SSSR count). The second-order valence-electron chi connectivity index (χ2n) is 4.15. The van der Waals surface area contributed by atoms with Gasteiger partial charge >= 0.3 is 0 Å². The highest BCUT2D eigenvalue weighted by atomic mass is 16.3. The Morgan fingerprint density at radius 1 is 1.44 bits per heavy atom. The predicted molar refractivity (Wildman–Crippen MR) is 64.6 cm³/mol. The number of hydrogen-bond donors (Lipinski definition) is 2. The summed E-state index contributed by atoms with van der Waals surface area (Å²) in [6, 6.07) is 8.93. The molecule has 1 aliphatic rings. The number of nitrogens with one attached hydrogen (secondary N) is 1. The van der Waals surface area contributed by atoms with Crippen LogP contribution in [-0.4, -0.2) is 24.7 Å². The van der Waals surface area contributed by atoms with E-state index in [9.17, 15) is 0 Å². The van der Waals surface area contributed by atoms with Crippen LogP contribution < -0.4 is 5.32 Å². The number of rotatable bonds is 2. The number of benzene rings is 1. The van der Waals surface area contributed by atoms with Gasteiger partial charge in [-0.1, -0.05) is 29.8 Å². The van der Waals surface area contributed by atoms with Gasteiger partial charge in [0.1, 0.15) is 0 Å². The Morgan fingerprint density at radius 3 is 2.56 bits per heavy atom. The summed E-state index contributed by atoms with van der Waals surface area (Å²) >= 11 is 0. The van der Waals surface area contributed by atoms with Crippen molar-refractivity contribution in [2.75, 3.05) is 13.1 Å². The zero-order valence-electron chi connectivity index (χ0n) is 9.65. The lowest BCUT2D eigenvalue weighted by Gasteiger charge is -2.07. The summed E-state index contributed by atoms with van der Waals surface area (Å²) in [5, 5.41) is 10.3. The molecule has 0 amide bonds. The third-order valence-corrected chi connectivity index (χ3v) is 2.81. The maximum absolute atomic E-state index is 8.36. The van der Waals surface area contributed by atoms with Crippen LogP contribution in [0, 0.1) is 12.8 Å². The predicted octanol–water partition coefficient (Wildman–Crippen LogP) is 1.85. The van der Waals surface area contributed by atoms with Crippen LogP contribution in [0.3, 0.4) is 0 Å². The second kappa shape index (κ2) is 7.01. The fourth-order valence-corrected chi connectivity index (χ4v) is 1.95. The maximum Gasteiger partial charge on any atom is 0.290 e. The lowest BCUT2D eigenvalue weighted by atomic mass is 9.98. The molecule has 1 fully saturated rings. The summed E-state index contributed by atoms with van der Waals surface area (Å²) < 4.78 is 0. The van der Waals surface area contributed by atoms with Crippen LogP contribution in [0.15, 0.2) is 24.3 Å². The van der Waals surface area contributed by atoms with Gasteiger partial charge in [-0.15, -0.1) is 0 Å². The monoisotopic (exact) mass is 221 g/mol. The first-order valence-corrected chi connectivity index (χ1v) is 5.60. The van der Waals surface area contributed by atoms with E-state index in [1.54, 1.807) is 0 Å². The standard InChI is InChI=1S/C12H17N.CH2O2/c1-10-2-4-11(5-3-10)8-12-6-7-13-9-12;2-1-3/h2-5,12-13H,6-9H2,1H3;1H,(H,2,3)/t12-;/m1./s1. The highest BCUT2D eigenvalue weighted by molar-refractivity contribution is 5.32. The van der Waals surface area contributed by atoms with Crippen LogP contribution in [0.5, 0.6) is 0 Å². The zero-order chi connectivity index (χ0) is 11.8. The minimum Gasteiger partial charge on any atom is -0.483 e. The number of hydrogen-bond acceptors (Lipinski definition) is 2. The summed E-state index contributed by atoms with van der Waals surface area (Å²) in [5.41, 5.74) is 2.84. The van der Waals surface area contributed by atoms with Crippen molar-refractivity contribution < 1.29 is 9.90 Å². The van der Waals surface area contributed by atoms with Gasteiger partial charge in [-0.05, 0) is 44.3 Å². The molecule has 0 spiro atoms. The topological polar surface area (TPSA) is 49.3 Å². The summed E-state index contributed by atoms with van der Waals surface area (Å²) in [6.07, 6.45) is 2.58. The van der Waals surface area contributed by atoms with Gasteiger partial charge in [0.05, 0.1) is 0 Å². The molecular weight excluding hydrogens is 202 g/mol. The van der Waals surface area contributed by atoms with Crippen molar-refractivity contribution in [2.45, 2.75) is 19.8 Å². The highest BCUT2D eigenvalue weighted by Gasteiger charge is 2.14. The summed E-state index contributed by atoms with van der Waals surface area (Å²) in [7, 11) is 0. The van der Waals surface area contributed by atoms with Gasteiger partial charge in [0.25, 0.3) is 6.47 Å². The van der Waals surface area contributed by atoms with Crippen LogP contribution >= 0.6 is 0 Å². The van der Waals surface area contributed by atoms with E-state index in [-0.39, 0.29) is 6.47 Å². The smallest absolute Gasteiger partial charge is 0.290 e. The summed E-state index contributed by atoms with van der Waals surface area (Å²) in [5.74, 6) is 0.864. The third-order valence-electron chi connectivity index (χ3n) is 2.81. The Hall–Kier alpha value is -1.35. The van der Waals surface area contributed by atoms with E-state index in [2.05, 4.69) is 36.5 Å². The van der Waals surface area contributed by atoms with E-state index in [1.165, 1.54) is 37.1 Å². The molecule has 16 heavy (non-hydrogen) atoms. The molecule has 0 bridgehead atoms. The molecule has 2 N–H and O–H groups in total. The minimum atomic E-state index is -0.250. The molecule has 0 radical (unpaired) electrons. The quantitative estimate of drug-likeness (QED) is 0.749. The van der Waals surface area contributed by atoms with Gasteiger partial charge in [-0.2, -0.15) is 0 Å². The van der Waals surface area contributed by atoms with E-state index in [4.69, 9.17) is 9.90 Å². The average Bonchev–Trinajstić information content (AvgIpc) is 2.75. The van der Waals surface area contributed by atoms with Gasteiger partial charge in [0, 0.05) is 0 Å². The van der Waals surface area contributed by atoms with Crippen molar-refractivity contribution >= 4 is 6.47 Å².